The van der Waals surface area contributed by atoms with Crippen LogP contribution in [0.2, 0.25) is 0 Å². The van der Waals surface area contributed by atoms with Gasteiger partial charge in [0.25, 0.3) is 0 Å². The molecule has 2 heterocycles. The Hall–Kier alpha value is -3.04. The van der Waals surface area contributed by atoms with Gasteiger partial charge in [-0.3, -0.25) is 9.59 Å². The first-order valence-electron chi connectivity index (χ1n) is 9.37. The third kappa shape index (κ3) is 4.36. The number of furan rings is 1. The van der Waals surface area contributed by atoms with Crippen LogP contribution in [0.3, 0.4) is 0 Å². The number of carbonyl (C=O) groups excluding carboxylic acids is 2. The minimum Gasteiger partial charge on any atom is -0.468 e. The molecule has 0 spiro atoms. The first-order chi connectivity index (χ1) is 14.0. The quantitative estimate of drug-likeness (QED) is 0.669. The fraction of sp³-hybridized carbons (Fsp3) is 0.261. The average molecular weight is 407 g/mol. The molecular formula is C23H22N2O3S. The van der Waals surface area contributed by atoms with E-state index in [0.29, 0.717) is 33.2 Å². The maximum Gasteiger partial charge on any atom is 0.173 e. The fourth-order valence-electron chi connectivity index (χ4n) is 3.38. The lowest BCUT2D eigenvalue weighted by atomic mass is 9.84. The normalized spacial score (nSPS) is 16.4. The molecule has 2 aromatic rings. The molecule has 0 unspecified atom stereocenters. The van der Waals surface area contributed by atoms with Gasteiger partial charge in [0, 0.05) is 16.8 Å². The van der Waals surface area contributed by atoms with Crippen LogP contribution in [-0.4, -0.2) is 17.3 Å². The summed E-state index contributed by atoms with van der Waals surface area (Å²) in [5.41, 5.74) is 3.37. The van der Waals surface area contributed by atoms with Gasteiger partial charge in [-0.15, -0.1) is 0 Å². The summed E-state index contributed by atoms with van der Waals surface area (Å²) >= 11 is 1.27. The van der Waals surface area contributed by atoms with E-state index < -0.39 is 5.92 Å². The van der Waals surface area contributed by atoms with E-state index in [1.807, 2.05) is 24.3 Å². The molecule has 0 fully saturated rings. The minimum absolute atomic E-state index is 0.0159. The summed E-state index contributed by atoms with van der Waals surface area (Å²) in [7, 11) is 0. The maximum atomic E-state index is 12.6. The molecule has 1 aromatic carbocycles. The Morgan fingerprint density at radius 3 is 2.52 bits per heavy atom. The Bertz CT molecular complexity index is 1030. The van der Waals surface area contributed by atoms with E-state index in [1.54, 1.807) is 19.1 Å². The predicted octanol–water partition coefficient (Wildman–Crippen LogP) is 4.74. The number of dihydropyridines is 1. The molecule has 0 amide bonds. The summed E-state index contributed by atoms with van der Waals surface area (Å²) in [4.78, 5) is 24.9. The maximum absolute atomic E-state index is 12.6. The SMILES string of the molecule is CCc1ccc(C(=O)CSC2=C(C#N)[C@H](c3ccco3)C(C(C)=O)=C(C)N2)cc1. The van der Waals surface area contributed by atoms with Gasteiger partial charge in [0.15, 0.2) is 11.6 Å². The van der Waals surface area contributed by atoms with Crippen LogP contribution < -0.4 is 5.32 Å². The molecule has 3 rings (SSSR count). The smallest absolute Gasteiger partial charge is 0.173 e. The molecule has 5 nitrogen and oxygen atoms in total. The molecule has 0 radical (unpaired) electrons. The van der Waals surface area contributed by atoms with Crippen molar-refractivity contribution in [1.82, 2.24) is 5.32 Å². The van der Waals surface area contributed by atoms with Crippen molar-refractivity contribution in [2.45, 2.75) is 33.1 Å². The highest BCUT2D eigenvalue weighted by atomic mass is 32.2. The molecule has 1 atom stereocenters. The number of thioether (sulfide) groups is 1. The molecule has 0 saturated carbocycles. The Labute approximate surface area is 174 Å². The van der Waals surface area contributed by atoms with Gasteiger partial charge in [0.1, 0.15) is 5.76 Å². The van der Waals surface area contributed by atoms with Crippen molar-refractivity contribution in [2.24, 2.45) is 0 Å². The number of benzene rings is 1. The molecule has 1 N–H and O–H groups in total. The third-order valence-electron chi connectivity index (χ3n) is 4.89. The average Bonchev–Trinajstić information content (AvgIpc) is 3.25. The molecular weight excluding hydrogens is 384 g/mol. The van der Waals surface area contributed by atoms with Gasteiger partial charge in [0.05, 0.1) is 34.6 Å². The number of nitriles is 1. The number of aryl methyl sites for hydroxylation is 1. The van der Waals surface area contributed by atoms with E-state index in [2.05, 4.69) is 18.3 Å². The first-order valence-corrected chi connectivity index (χ1v) is 10.4. The predicted molar refractivity (Wildman–Crippen MR) is 113 cm³/mol. The van der Waals surface area contributed by atoms with Crippen LogP contribution in [0.15, 0.2) is 69.0 Å². The van der Waals surface area contributed by atoms with Crippen molar-refractivity contribution in [2.75, 3.05) is 5.75 Å². The number of Topliss-reactive ketones (excluding diaryl/α,β-unsaturated/α-hetero) is 2. The van der Waals surface area contributed by atoms with Crippen molar-refractivity contribution < 1.29 is 14.0 Å². The molecule has 0 bridgehead atoms. The Balaban J connectivity index is 1.87. The van der Waals surface area contributed by atoms with E-state index in [0.717, 1.165) is 6.42 Å². The van der Waals surface area contributed by atoms with Gasteiger partial charge in [-0.2, -0.15) is 5.26 Å². The number of hydrogen-bond acceptors (Lipinski definition) is 6. The monoisotopic (exact) mass is 406 g/mol. The van der Waals surface area contributed by atoms with E-state index in [-0.39, 0.29) is 17.3 Å². The highest BCUT2D eigenvalue weighted by molar-refractivity contribution is 8.03. The number of ketones is 2. The van der Waals surface area contributed by atoms with Crippen LogP contribution >= 0.6 is 11.8 Å². The topological polar surface area (TPSA) is 83.1 Å². The van der Waals surface area contributed by atoms with Gasteiger partial charge in [-0.25, -0.2) is 0 Å². The van der Waals surface area contributed by atoms with Crippen LogP contribution in [0, 0.1) is 11.3 Å². The Morgan fingerprint density at radius 2 is 1.97 bits per heavy atom. The number of hydrogen-bond donors (Lipinski definition) is 1. The summed E-state index contributed by atoms with van der Waals surface area (Å²) in [6, 6.07) is 13.3. The van der Waals surface area contributed by atoms with E-state index >= 15 is 0 Å². The second-order valence-electron chi connectivity index (χ2n) is 6.79. The lowest BCUT2D eigenvalue weighted by Crippen LogP contribution is -2.27. The Morgan fingerprint density at radius 1 is 1.24 bits per heavy atom. The summed E-state index contributed by atoms with van der Waals surface area (Å²) in [6.07, 6.45) is 2.44. The van der Waals surface area contributed by atoms with Gasteiger partial charge < -0.3 is 9.73 Å². The van der Waals surface area contributed by atoms with Crippen molar-refractivity contribution in [1.29, 1.82) is 5.26 Å². The van der Waals surface area contributed by atoms with Crippen LogP contribution in [0.4, 0.5) is 0 Å². The molecule has 0 saturated heterocycles. The van der Waals surface area contributed by atoms with Gasteiger partial charge in [0.2, 0.25) is 0 Å². The molecule has 1 aromatic heterocycles. The van der Waals surface area contributed by atoms with Gasteiger partial charge in [-0.1, -0.05) is 43.0 Å². The van der Waals surface area contributed by atoms with Crippen molar-refractivity contribution in [3.63, 3.8) is 0 Å². The highest BCUT2D eigenvalue weighted by Gasteiger charge is 2.34. The van der Waals surface area contributed by atoms with E-state index in [4.69, 9.17) is 4.42 Å². The van der Waals surface area contributed by atoms with E-state index in [1.165, 1.54) is 30.5 Å². The standard InChI is InChI=1S/C23H22N2O3S/c1-4-16-7-9-17(10-8-16)19(27)13-29-23-18(12-24)22(20-6-5-11-28-20)21(15(3)26)14(2)25-23/h5-11,22,25H,4,13H2,1-3H3/t22-/m1/s1. The zero-order valence-electron chi connectivity index (χ0n) is 16.6. The van der Waals surface area contributed by atoms with Crippen LogP contribution in [0.25, 0.3) is 0 Å². The number of rotatable bonds is 7. The molecule has 0 aliphatic carbocycles. The van der Waals surface area contributed by atoms with Gasteiger partial charge in [-0.05, 0) is 38.0 Å². The first kappa shape index (κ1) is 20.7. The minimum atomic E-state index is -0.574. The van der Waals surface area contributed by atoms with Crippen molar-refractivity contribution >= 4 is 23.3 Å². The lowest BCUT2D eigenvalue weighted by molar-refractivity contribution is -0.113. The number of nitrogens with zero attached hydrogens (tertiary/aromatic N) is 1. The third-order valence-corrected chi connectivity index (χ3v) is 5.90. The molecule has 148 valence electrons. The van der Waals surface area contributed by atoms with Crippen molar-refractivity contribution in [3.8, 4) is 6.07 Å². The zero-order chi connectivity index (χ0) is 21.0. The summed E-state index contributed by atoms with van der Waals surface area (Å²) in [5, 5.41) is 13.6. The number of carbonyl (C=O) groups is 2. The number of nitrogens with one attached hydrogen (secondary N) is 1. The lowest BCUT2D eigenvalue weighted by Gasteiger charge is -2.27. The van der Waals surface area contributed by atoms with Crippen molar-refractivity contribution in [3.05, 3.63) is 81.4 Å². The van der Waals surface area contributed by atoms with Crippen LogP contribution in [0.5, 0.6) is 0 Å². The van der Waals surface area contributed by atoms with Gasteiger partial charge >= 0.3 is 0 Å². The second-order valence-corrected chi connectivity index (χ2v) is 7.77. The number of allylic oxidation sites excluding steroid dienone is 3. The second kappa shape index (κ2) is 8.97. The van der Waals surface area contributed by atoms with Crippen LogP contribution in [0.1, 0.15) is 48.4 Å². The van der Waals surface area contributed by atoms with Crippen LogP contribution in [-0.2, 0) is 11.2 Å². The zero-order valence-corrected chi connectivity index (χ0v) is 17.4. The molecule has 1 aliphatic heterocycles. The summed E-state index contributed by atoms with van der Waals surface area (Å²) in [6.45, 7) is 5.34. The van der Waals surface area contributed by atoms with E-state index in [9.17, 15) is 14.9 Å². The Kier molecular flexibility index (Phi) is 6.40. The molecule has 29 heavy (non-hydrogen) atoms. The highest BCUT2D eigenvalue weighted by Crippen LogP contribution is 2.41. The summed E-state index contributed by atoms with van der Waals surface area (Å²) < 4.78 is 5.52. The molecule has 6 heteroatoms. The molecule has 1 aliphatic rings. The largest absolute Gasteiger partial charge is 0.468 e. The fourth-order valence-corrected chi connectivity index (χ4v) is 4.37. The summed E-state index contributed by atoms with van der Waals surface area (Å²) in [5.74, 6) is 0.00691.